The summed E-state index contributed by atoms with van der Waals surface area (Å²) in [5.74, 6) is -0.150. The van der Waals surface area contributed by atoms with Crippen molar-refractivity contribution >= 4 is 38.6 Å². The molecule has 7 heteroatoms. The number of fused-ring (bicyclic) bond motifs is 1. The third kappa shape index (κ3) is 3.55. The van der Waals surface area contributed by atoms with E-state index in [0.717, 1.165) is 24.0 Å². The maximum absolute atomic E-state index is 13.1. The minimum atomic E-state index is -3.60. The van der Waals surface area contributed by atoms with Gasteiger partial charge in [0.2, 0.25) is 0 Å². The van der Waals surface area contributed by atoms with Gasteiger partial charge in [-0.05, 0) is 72.7 Å². The number of thiophene rings is 1. The molecular weight excluding hydrogens is 392 g/mol. The highest BCUT2D eigenvalue weighted by atomic mass is 32.2. The number of benzene rings is 2. The van der Waals surface area contributed by atoms with Crippen LogP contribution >= 0.6 is 11.3 Å². The summed E-state index contributed by atoms with van der Waals surface area (Å²) >= 11 is 1.41. The average molecular weight is 413 g/mol. The fourth-order valence-corrected chi connectivity index (χ4v) is 5.71. The zero-order valence-electron chi connectivity index (χ0n) is 15.4. The van der Waals surface area contributed by atoms with Crippen LogP contribution in [0.5, 0.6) is 0 Å². The third-order valence-electron chi connectivity index (χ3n) is 4.70. The van der Waals surface area contributed by atoms with Crippen molar-refractivity contribution in [1.82, 2.24) is 0 Å². The number of hydrogen-bond donors (Lipinski definition) is 1. The van der Waals surface area contributed by atoms with Gasteiger partial charge < -0.3 is 5.32 Å². The molecule has 0 unspecified atom stereocenters. The van der Waals surface area contributed by atoms with Crippen LogP contribution in [0.2, 0.25) is 0 Å². The molecule has 1 aromatic heterocycles. The number of aryl methyl sites for hydroxylation is 2. The topological polar surface area (TPSA) is 66.5 Å². The molecule has 0 fully saturated rings. The largest absolute Gasteiger partial charge is 0.321 e. The lowest BCUT2D eigenvalue weighted by molar-refractivity contribution is 0.103. The molecule has 0 saturated heterocycles. The molecule has 0 aliphatic carbocycles. The van der Waals surface area contributed by atoms with Crippen LogP contribution in [0.1, 0.15) is 27.2 Å². The van der Waals surface area contributed by atoms with Crippen molar-refractivity contribution in [2.75, 3.05) is 16.2 Å². The van der Waals surface area contributed by atoms with Gasteiger partial charge in [0, 0.05) is 12.2 Å². The number of hydrogen-bond acceptors (Lipinski definition) is 4. The van der Waals surface area contributed by atoms with Crippen LogP contribution in [-0.2, 0) is 16.4 Å². The number of carbonyl (C=O) groups excluding carboxylic acids is 1. The molecule has 144 valence electrons. The first kappa shape index (κ1) is 18.7. The van der Waals surface area contributed by atoms with Crippen LogP contribution in [0.3, 0.4) is 0 Å². The predicted octanol–water partition coefficient (Wildman–Crippen LogP) is 4.45. The van der Waals surface area contributed by atoms with E-state index in [1.807, 2.05) is 24.4 Å². The Morgan fingerprint density at radius 3 is 2.61 bits per heavy atom. The van der Waals surface area contributed by atoms with Crippen molar-refractivity contribution in [3.05, 3.63) is 76.0 Å². The summed E-state index contributed by atoms with van der Waals surface area (Å²) in [4.78, 5) is 13.3. The van der Waals surface area contributed by atoms with E-state index in [4.69, 9.17) is 0 Å². The van der Waals surface area contributed by atoms with Gasteiger partial charge in [-0.2, -0.15) is 0 Å². The van der Waals surface area contributed by atoms with E-state index in [0.29, 0.717) is 22.8 Å². The Morgan fingerprint density at radius 1 is 1.11 bits per heavy atom. The molecule has 28 heavy (non-hydrogen) atoms. The molecule has 1 amide bonds. The monoisotopic (exact) mass is 412 g/mol. The molecular formula is C21H20N2O3S2. The number of sulfonamides is 1. The summed E-state index contributed by atoms with van der Waals surface area (Å²) in [6.07, 6.45) is 1.51. The molecule has 1 aliphatic heterocycles. The van der Waals surface area contributed by atoms with Crippen LogP contribution in [0.25, 0.3) is 0 Å². The molecule has 1 N–H and O–H groups in total. The third-order valence-corrected chi connectivity index (χ3v) is 7.57. The lowest BCUT2D eigenvalue weighted by Gasteiger charge is -2.30. The number of nitrogens with one attached hydrogen (secondary N) is 1. The average Bonchev–Trinajstić information content (AvgIpc) is 3.14. The van der Waals surface area contributed by atoms with Gasteiger partial charge in [-0.25, -0.2) is 8.42 Å². The fourth-order valence-electron chi connectivity index (χ4n) is 3.35. The molecule has 1 aliphatic rings. The number of rotatable bonds is 4. The van der Waals surface area contributed by atoms with E-state index in [1.165, 1.54) is 15.6 Å². The maximum Gasteiger partial charge on any atom is 0.265 e. The zero-order chi connectivity index (χ0) is 19.7. The van der Waals surface area contributed by atoms with Gasteiger partial charge in [0.05, 0.1) is 15.5 Å². The minimum Gasteiger partial charge on any atom is -0.321 e. The second kappa shape index (κ2) is 7.41. The number of anilines is 2. The Hall–Kier alpha value is -2.64. The maximum atomic E-state index is 13.1. The zero-order valence-corrected chi connectivity index (χ0v) is 17.0. The Kier molecular flexibility index (Phi) is 4.95. The molecule has 0 bridgehead atoms. The van der Waals surface area contributed by atoms with Gasteiger partial charge in [-0.3, -0.25) is 9.10 Å². The van der Waals surface area contributed by atoms with Crippen LogP contribution in [0.15, 0.2) is 64.9 Å². The molecule has 0 atom stereocenters. The van der Waals surface area contributed by atoms with E-state index >= 15 is 0 Å². The summed E-state index contributed by atoms with van der Waals surface area (Å²) in [5, 5.41) is 4.85. The number of nitrogens with zero attached hydrogens (tertiary/aromatic N) is 1. The molecule has 2 aromatic carbocycles. The first-order chi connectivity index (χ1) is 13.4. The molecule has 3 aromatic rings. The summed E-state index contributed by atoms with van der Waals surface area (Å²) in [5.41, 5.74) is 3.34. The van der Waals surface area contributed by atoms with E-state index in [9.17, 15) is 13.2 Å². The van der Waals surface area contributed by atoms with Crippen LogP contribution in [0.4, 0.5) is 11.4 Å². The second-order valence-corrected chi connectivity index (χ2v) is 9.55. The van der Waals surface area contributed by atoms with E-state index in [-0.39, 0.29) is 10.8 Å². The Labute approximate surface area is 168 Å². The number of carbonyl (C=O) groups is 1. The molecule has 4 rings (SSSR count). The fraction of sp³-hybridized carbons (Fsp3) is 0.190. The quantitative estimate of drug-likeness (QED) is 0.688. The van der Waals surface area contributed by atoms with Crippen molar-refractivity contribution in [2.24, 2.45) is 0 Å². The Bertz CT molecular complexity index is 1120. The summed E-state index contributed by atoms with van der Waals surface area (Å²) in [7, 11) is -3.60. The van der Waals surface area contributed by atoms with Gasteiger partial charge in [-0.15, -0.1) is 11.3 Å². The standard InChI is InChI=1S/C21H20N2O3S2/c1-15-12-20(27-14-15)21(24)22-17-9-10-19-16(13-17)6-5-11-23(19)28(25,26)18-7-3-2-4-8-18/h2-4,7-10,12-14H,5-6,11H2,1H3,(H,22,24). The van der Waals surface area contributed by atoms with Crippen LogP contribution in [0, 0.1) is 6.92 Å². The van der Waals surface area contributed by atoms with E-state index in [2.05, 4.69) is 5.32 Å². The van der Waals surface area contributed by atoms with Crippen molar-refractivity contribution in [3.63, 3.8) is 0 Å². The highest BCUT2D eigenvalue weighted by molar-refractivity contribution is 7.92. The van der Waals surface area contributed by atoms with Crippen molar-refractivity contribution in [1.29, 1.82) is 0 Å². The second-order valence-electron chi connectivity index (χ2n) is 6.78. The van der Waals surface area contributed by atoms with Crippen molar-refractivity contribution < 1.29 is 13.2 Å². The van der Waals surface area contributed by atoms with Gasteiger partial charge in [0.25, 0.3) is 15.9 Å². The van der Waals surface area contributed by atoms with Gasteiger partial charge in [0.1, 0.15) is 0 Å². The van der Waals surface area contributed by atoms with Gasteiger partial charge in [-0.1, -0.05) is 18.2 Å². The molecule has 0 spiro atoms. The van der Waals surface area contributed by atoms with E-state index < -0.39 is 10.0 Å². The summed E-state index contributed by atoms with van der Waals surface area (Å²) in [6.45, 7) is 2.40. The Morgan fingerprint density at radius 2 is 1.89 bits per heavy atom. The van der Waals surface area contributed by atoms with Crippen LogP contribution < -0.4 is 9.62 Å². The smallest absolute Gasteiger partial charge is 0.265 e. The first-order valence-electron chi connectivity index (χ1n) is 9.02. The van der Waals surface area contributed by atoms with E-state index in [1.54, 1.807) is 42.5 Å². The lowest BCUT2D eigenvalue weighted by Crippen LogP contribution is -2.35. The van der Waals surface area contributed by atoms with Gasteiger partial charge >= 0.3 is 0 Å². The SMILES string of the molecule is Cc1csc(C(=O)Nc2ccc3c(c2)CCCN3S(=O)(=O)c2ccccc2)c1. The summed E-state index contributed by atoms with van der Waals surface area (Å²) in [6, 6.07) is 15.7. The summed E-state index contributed by atoms with van der Waals surface area (Å²) < 4.78 is 27.6. The van der Waals surface area contributed by atoms with Crippen molar-refractivity contribution in [3.8, 4) is 0 Å². The molecule has 2 heterocycles. The molecule has 5 nitrogen and oxygen atoms in total. The number of amides is 1. The molecule has 0 radical (unpaired) electrons. The molecule has 0 saturated carbocycles. The van der Waals surface area contributed by atoms with Gasteiger partial charge in [0.15, 0.2) is 0 Å². The Balaban J connectivity index is 1.62. The highest BCUT2D eigenvalue weighted by Crippen LogP contribution is 2.34. The normalized spacial score (nSPS) is 13.8. The minimum absolute atomic E-state index is 0.150. The highest BCUT2D eigenvalue weighted by Gasteiger charge is 2.29. The van der Waals surface area contributed by atoms with Crippen molar-refractivity contribution in [2.45, 2.75) is 24.7 Å². The first-order valence-corrected chi connectivity index (χ1v) is 11.3. The van der Waals surface area contributed by atoms with Crippen LogP contribution in [-0.4, -0.2) is 20.9 Å². The predicted molar refractivity (Wildman–Crippen MR) is 113 cm³/mol. The lowest BCUT2D eigenvalue weighted by atomic mass is 10.0.